The summed E-state index contributed by atoms with van der Waals surface area (Å²) in [5, 5.41) is 39.1. The van der Waals surface area contributed by atoms with E-state index in [1.54, 1.807) is 6.92 Å². The van der Waals surface area contributed by atoms with Gasteiger partial charge in [0.25, 0.3) is 0 Å². The lowest BCUT2D eigenvalue weighted by atomic mass is 9.64. The van der Waals surface area contributed by atoms with E-state index < -0.39 is 29.3 Å². The summed E-state index contributed by atoms with van der Waals surface area (Å²) in [7, 11) is 0. The molecule has 0 aromatic heterocycles. The third-order valence-corrected chi connectivity index (χ3v) is 3.52. The van der Waals surface area contributed by atoms with Crippen LogP contribution in [-0.2, 0) is 0 Å². The van der Waals surface area contributed by atoms with E-state index in [4.69, 9.17) is 0 Å². The molecule has 0 saturated heterocycles. The van der Waals surface area contributed by atoms with Gasteiger partial charge in [0, 0.05) is 6.42 Å². The van der Waals surface area contributed by atoms with Crippen LogP contribution in [0.1, 0.15) is 40.5 Å². The molecule has 1 rings (SSSR count). The molecule has 0 aromatic rings. The van der Waals surface area contributed by atoms with Gasteiger partial charge in [-0.1, -0.05) is 19.9 Å². The van der Waals surface area contributed by atoms with Gasteiger partial charge in [0.2, 0.25) is 0 Å². The number of hydrogen-bond donors (Lipinski definition) is 4. The zero-order valence-electron chi connectivity index (χ0n) is 11.0. The van der Waals surface area contributed by atoms with E-state index in [9.17, 15) is 20.4 Å². The van der Waals surface area contributed by atoms with Crippen LogP contribution in [-0.4, -0.2) is 44.3 Å². The lowest BCUT2D eigenvalue weighted by molar-refractivity contribution is -0.0300. The van der Waals surface area contributed by atoms with E-state index >= 15 is 0 Å². The highest BCUT2D eigenvalue weighted by molar-refractivity contribution is 5.27. The molecule has 4 nitrogen and oxygen atoms in total. The Morgan fingerprint density at radius 3 is 2.18 bits per heavy atom. The van der Waals surface area contributed by atoms with Crippen LogP contribution >= 0.6 is 0 Å². The van der Waals surface area contributed by atoms with E-state index in [1.807, 2.05) is 13.8 Å². The molecule has 4 atom stereocenters. The summed E-state index contributed by atoms with van der Waals surface area (Å²) < 4.78 is 0. The normalized spacial score (nSPS) is 39.1. The summed E-state index contributed by atoms with van der Waals surface area (Å²) in [5.41, 5.74) is -0.850. The second-order valence-electron chi connectivity index (χ2n) is 6.03. The minimum absolute atomic E-state index is 0.259. The Morgan fingerprint density at radius 1 is 1.24 bits per heavy atom. The van der Waals surface area contributed by atoms with Gasteiger partial charge >= 0.3 is 0 Å². The quantitative estimate of drug-likeness (QED) is 0.536. The highest BCUT2D eigenvalue weighted by Gasteiger charge is 2.44. The zero-order valence-corrected chi connectivity index (χ0v) is 11.0. The summed E-state index contributed by atoms with van der Waals surface area (Å²) in [6, 6.07) is 0. The van der Waals surface area contributed by atoms with Gasteiger partial charge in [-0.25, -0.2) is 0 Å². The van der Waals surface area contributed by atoms with Gasteiger partial charge in [0.15, 0.2) is 0 Å². The lowest BCUT2D eigenvalue weighted by Crippen LogP contribution is -2.46. The van der Waals surface area contributed by atoms with Crippen LogP contribution in [0.3, 0.4) is 0 Å². The molecule has 1 fully saturated rings. The van der Waals surface area contributed by atoms with Crippen LogP contribution in [0.25, 0.3) is 0 Å². The second-order valence-corrected chi connectivity index (χ2v) is 6.03. The Kier molecular flexibility index (Phi) is 4.04. The average molecular weight is 244 g/mol. The van der Waals surface area contributed by atoms with Crippen LogP contribution in [0.4, 0.5) is 0 Å². The van der Waals surface area contributed by atoms with Crippen molar-refractivity contribution in [2.24, 2.45) is 5.41 Å². The largest absolute Gasteiger partial charge is 0.393 e. The van der Waals surface area contributed by atoms with Crippen LogP contribution in [0.5, 0.6) is 0 Å². The molecular weight excluding hydrogens is 220 g/mol. The Balaban J connectivity index is 3.08. The molecule has 100 valence electrons. The molecule has 17 heavy (non-hydrogen) atoms. The minimum Gasteiger partial charge on any atom is -0.393 e. The van der Waals surface area contributed by atoms with Crippen molar-refractivity contribution in [2.45, 2.75) is 64.4 Å². The maximum Gasteiger partial charge on any atom is 0.0981 e. The van der Waals surface area contributed by atoms with Crippen molar-refractivity contribution in [3.05, 3.63) is 11.6 Å². The van der Waals surface area contributed by atoms with E-state index in [0.717, 1.165) is 0 Å². The van der Waals surface area contributed by atoms with Crippen molar-refractivity contribution in [1.82, 2.24) is 0 Å². The molecule has 0 aromatic carbocycles. The van der Waals surface area contributed by atoms with Crippen molar-refractivity contribution in [2.75, 3.05) is 0 Å². The number of aliphatic hydroxyl groups excluding tert-OH is 3. The molecule has 4 N–H and O–H groups in total. The van der Waals surface area contributed by atoms with Crippen LogP contribution in [0.2, 0.25) is 0 Å². The number of hydrogen-bond acceptors (Lipinski definition) is 4. The Morgan fingerprint density at radius 2 is 1.76 bits per heavy atom. The van der Waals surface area contributed by atoms with Gasteiger partial charge < -0.3 is 20.4 Å². The van der Waals surface area contributed by atoms with Gasteiger partial charge in [-0.2, -0.15) is 0 Å². The predicted octanol–water partition coefficient (Wildman–Crippen LogP) is 0.586. The van der Waals surface area contributed by atoms with Gasteiger partial charge in [0.05, 0.1) is 23.9 Å². The predicted molar refractivity (Wildman–Crippen MR) is 65.4 cm³/mol. The lowest BCUT2D eigenvalue weighted by Gasteiger charge is -2.45. The fraction of sp³-hybridized carbons (Fsp3) is 0.846. The number of aliphatic hydroxyl groups is 4. The molecule has 1 saturated carbocycles. The fourth-order valence-corrected chi connectivity index (χ4v) is 2.78. The average Bonchev–Trinajstić information content (AvgIpc) is 2.08. The van der Waals surface area contributed by atoms with Crippen molar-refractivity contribution < 1.29 is 20.4 Å². The molecule has 0 bridgehead atoms. The molecule has 0 radical (unpaired) electrons. The summed E-state index contributed by atoms with van der Waals surface area (Å²) in [6.07, 6.45) is -0.0832. The van der Waals surface area contributed by atoms with Crippen LogP contribution in [0, 0.1) is 5.41 Å². The van der Waals surface area contributed by atoms with Gasteiger partial charge in [-0.3, -0.25) is 0 Å². The molecule has 0 aliphatic heterocycles. The SMILES string of the molecule is CC(O)C(O)C=C1C(C)(C)CC(O)CC1(C)O. The maximum atomic E-state index is 10.3. The van der Waals surface area contributed by atoms with Crippen molar-refractivity contribution >= 4 is 0 Å². The first-order valence-corrected chi connectivity index (χ1v) is 6.05. The molecule has 0 heterocycles. The Bertz CT molecular complexity index is 285. The first-order valence-electron chi connectivity index (χ1n) is 6.05. The second kappa shape index (κ2) is 4.69. The first kappa shape index (κ1) is 14.6. The highest BCUT2D eigenvalue weighted by atomic mass is 16.3. The van der Waals surface area contributed by atoms with Gasteiger partial charge in [-0.05, 0) is 31.3 Å². The first-order chi connectivity index (χ1) is 7.56. The van der Waals surface area contributed by atoms with Crippen LogP contribution < -0.4 is 0 Å². The minimum atomic E-state index is -1.14. The fourth-order valence-electron chi connectivity index (χ4n) is 2.78. The van der Waals surface area contributed by atoms with Gasteiger partial charge in [0.1, 0.15) is 0 Å². The van der Waals surface area contributed by atoms with E-state index in [2.05, 4.69) is 0 Å². The standard InChI is InChI=1S/C13H24O4/c1-8(14)10(16)5-11-12(2,3)6-9(15)7-13(11,4)17/h5,8-10,14-17H,6-7H2,1-4H3. The smallest absolute Gasteiger partial charge is 0.0981 e. The molecule has 0 spiro atoms. The Labute approximate surface area is 103 Å². The molecule has 1 aliphatic rings. The van der Waals surface area contributed by atoms with Gasteiger partial charge in [-0.15, -0.1) is 0 Å². The monoisotopic (exact) mass is 244 g/mol. The van der Waals surface area contributed by atoms with Crippen molar-refractivity contribution in [3.8, 4) is 0 Å². The summed E-state index contributed by atoms with van der Waals surface area (Å²) >= 11 is 0. The molecule has 4 heteroatoms. The van der Waals surface area contributed by atoms with E-state index in [-0.39, 0.29) is 6.42 Å². The topological polar surface area (TPSA) is 80.9 Å². The molecule has 1 aliphatic carbocycles. The summed E-state index contributed by atoms with van der Waals surface area (Å²) in [4.78, 5) is 0. The van der Waals surface area contributed by atoms with Crippen molar-refractivity contribution in [3.63, 3.8) is 0 Å². The van der Waals surface area contributed by atoms with E-state index in [0.29, 0.717) is 12.0 Å². The zero-order chi connectivity index (χ0) is 13.4. The number of rotatable bonds is 2. The molecule has 4 unspecified atom stereocenters. The highest BCUT2D eigenvalue weighted by Crippen LogP contribution is 2.45. The third kappa shape index (κ3) is 3.28. The molecule has 0 amide bonds. The summed E-state index contributed by atoms with van der Waals surface area (Å²) in [5.74, 6) is 0. The van der Waals surface area contributed by atoms with Crippen LogP contribution in [0.15, 0.2) is 11.6 Å². The summed E-state index contributed by atoms with van der Waals surface area (Å²) in [6.45, 7) is 6.98. The molecular formula is C13H24O4. The van der Waals surface area contributed by atoms with Crippen molar-refractivity contribution in [1.29, 1.82) is 0 Å². The Hall–Kier alpha value is -0.420. The third-order valence-electron chi connectivity index (χ3n) is 3.52. The van der Waals surface area contributed by atoms with E-state index in [1.165, 1.54) is 13.0 Å². The maximum absolute atomic E-state index is 10.3.